The van der Waals surface area contributed by atoms with E-state index in [1.54, 1.807) is 18.8 Å². The molecule has 0 aromatic carbocycles. The van der Waals surface area contributed by atoms with E-state index in [1.165, 1.54) is 25.7 Å². The van der Waals surface area contributed by atoms with Crippen molar-refractivity contribution in [3.63, 3.8) is 0 Å². The zero-order chi connectivity index (χ0) is 9.23. The van der Waals surface area contributed by atoms with Crippen LogP contribution < -0.4 is 0 Å². The van der Waals surface area contributed by atoms with Crippen LogP contribution in [-0.4, -0.2) is 18.3 Å². The van der Waals surface area contributed by atoms with E-state index in [4.69, 9.17) is 0 Å². The predicted octanol–water partition coefficient (Wildman–Crippen LogP) is 3.51. The van der Waals surface area contributed by atoms with Gasteiger partial charge in [-0.15, -0.1) is 11.8 Å². The first-order chi connectivity index (χ1) is 5.81. The molecule has 0 spiro atoms. The van der Waals surface area contributed by atoms with Gasteiger partial charge >= 0.3 is 0 Å². The highest BCUT2D eigenvalue weighted by atomic mass is 32.2. The molecule has 1 nitrogen and oxygen atoms in total. The maximum absolute atomic E-state index is 3.89. The van der Waals surface area contributed by atoms with Gasteiger partial charge in [-0.3, -0.25) is 4.99 Å². The minimum atomic E-state index is 1.13. The average molecular weight is 185 g/mol. The van der Waals surface area contributed by atoms with Crippen molar-refractivity contribution in [1.29, 1.82) is 0 Å². The molecular weight excluding hydrogens is 166 g/mol. The molecule has 0 fully saturated rings. The Morgan fingerprint density at radius 3 is 1.83 bits per heavy atom. The molecule has 70 valence electrons. The topological polar surface area (TPSA) is 12.4 Å². The van der Waals surface area contributed by atoms with Crippen LogP contribution in [0.25, 0.3) is 0 Å². The molecule has 0 aromatic heterocycles. The Morgan fingerprint density at radius 1 is 1.25 bits per heavy atom. The molecular formula is C10H19NS. The van der Waals surface area contributed by atoms with Gasteiger partial charge in [0.05, 0.1) is 5.04 Å². The first-order valence-corrected chi connectivity index (χ1v) is 5.66. The smallest absolute Gasteiger partial charge is 0.0638 e. The molecule has 1 aliphatic carbocycles. The second-order valence-electron chi connectivity index (χ2n) is 2.70. The van der Waals surface area contributed by atoms with Crippen LogP contribution >= 0.6 is 11.8 Å². The minimum Gasteiger partial charge on any atom is -0.287 e. The molecule has 0 radical (unpaired) electrons. The highest BCUT2D eigenvalue weighted by Crippen LogP contribution is 2.07. The van der Waals surface area contributed by atoms with E-state index in [2.05, 4.69) is 17.1 Å². The van der Waals surface area contributed by atoms with Crippen LogP contribution in [0.2, 0.25) is 0 Å². The van der Waals surface area contributed by atoms with Crippen molar-refractivity contribution in [3.05, 3.63) is 12.2 Å². The zero-order valence-electron chi connectivity index (χ0n) is 8.34. The van der Waals surface area contributed by atoms with Gasteiger partial charge in [0.25, 0.3) is 0 Å². The van der Waals surface area contributed by atoms with Crippen LogP contribution in [0.15, 0.2) is 17.1 Å². The maximum Gasteiger partial charge on any atom is 0.0638 e. The van der Waals surface area contributed by atoms with E-state index >= 15 is 0 Å². The van der Waals surface area contributed by atoms with Crippen molar-refractivity contribution in [2.75, 3.05) is 13.3 Å². The van der Waals surface area contributed by atoms with Gasteiger partial charge in [-0.1, -0.05) is 12.2 Å². The van der Waals surface area contributed by atoms with Gasteiger partial charge in [-0.05, 0) is 38.9 Å². The number of aliphatic imine (C=N–C) groups is 1. The van der Waals surface area contributed by atoms with E-state index in [1.807, 2.05) is 13.2 Å². The summed E-state index contributed by atoms with van der Waals surface area (Å²) in [5, 5.41) is 1.13. The lowest BCUT2D eigenvalue weighted by Gasteiger charge is -1.97. The Bertz CT molecular complexity index is 142. The third-order valence-electron chi connectivity index (χ3n) is 1.77. The molecule has 0 aliphatic heterocycles. The Morgan fingerprint density at radius 2 is 1.75 bits per heavy atom. The standard InChI is InChI=1S/C6H10.C4H9NS/c1-2-4-6-5-3-1;1-4(5-2)6-3/h1-2H,3-6H2;1-3H3. The highest BCUT2D eigenvalue weighted by molar-refractivity contribution is 8.13. The van der Waals surface area contributed by atoms with E-state index in [0.717, 1.165) is 5.04 Å². The van der Waals surface area contributed by atoms with Gasteiger partial charge in [0.1, 0.15) is 0 Å². The second kappa shape index (κ2) is 8.85. The van der Waals surface area contributed by atoms with Gasteiger partial charge in [0.15, 0.2) is 0 Å². The predicted molar refractivity (Wildman–Crippen MR) is 60.2 cm³/mol. The van der Waals surface area contributed by atoms with Gasteiger partial charge < -0.3 is 0 Å². The van der Waals surface area contributed by atoms with Crippen molar-refractivity contribution < 1.29 is 0 Å². The summed E-state index contributed by atoms with van der Waals surface area (Å²) in [7, 11) is 1.80. The van der Waals surface area contributed by atoms with Crippen molar-refractivity contribution in [3.8, 4) is 0 Å². The van der Waals surface area contributed by atoms with E-state index in [-0.39, 0.29) is 0 Å². The third-order valence-corrected chi connectivity index (χ3v) is 2.54. The molecule has 0 saturated heterocycles. The number of allylic oxidation sites excluding steroid dienone is 2. The summed E-state index contributed by atoms with van der Waals surface area (Å²) >= 11 is 1.67. The monoisotopic (exact) mass is 185 g/mol. The molecule has 2 heteroatoms. The lowest BCUT2D eigenvalue weighted by molar-refractivity contribution is 0.730. The summed E-state index contributed by atoms with van der Waals surface area (Å²) in [5.41, 5.74) is 0. The Hall–Kier alpha value is -0.240. The number of hydrogen-bond acceptors (Lipinski definition) is 2. The fourth-order valence-corrected chi connectivity index (χ4v) is 1.03. The average Bonchev–Trinajstić information content (AvgIpc) is 2.20. The SMILES string of the molecule is C1=CCCCC1.CN=C(C)SC. The van der Waals surface area contributed by atoms with Gasteiger partial charge in [-0.25, -0.2) is 0 Å². The highest BCUT2D eigenvalue weighted by Gasteiger charge is 1.87. The molecule has 0 heterocycles. The molecule has 0 aromatic rings. The van der Waals surface area contributed by atoms with Gasteiger partial charge in [-0.2, -0.15) is 0 Å². The molecule has 0 N–H and O–H groups in total. The number of rotatable bonds is 0. The summed E-state index contributed by atoms with van der Waals surface area (Å²) in [6.07, 6.45) is 12.0. The molecule has 0 bridgehead atoms. The van der Waals surface area contributed by atoms with E-state index < -0.39 is 0 Å². The Labute approximate surface area is 80.4 Å². The van der Waals surface area contributed by atoms with Crippen molar-refractivity contribution in [2.24, 2.45) is 4.99 Å². The fourth-order valence-electron chi connectivity index (χ4n) is 0.851. The fraction of sp³-hybridized carbons (Fsp3) is 0.700. The minimum absolute atomic E-state index is 1.13. The number of thioether (sulfide) groups is 1. The summed E-state index contributed by atoms with van der Waals surface area (Å²) < 4.78 is 0. The van der Waals surface area contributed by atoms with Gasteiger partial charge in [0.2, 0.25) is 0 Å². The summed E-state index contributed by atoms with van der Waals surface area (Å²) in [6.45, 7) is 1.99. The summed E-state index contributed by atoms with van der Waals surface area (Å²) in [4.78, 5) is 3.89. The third kappa shape index (κ3) is 7.86. The maximum atomic E-state index is 3.89. The number of nitrogens with zero attached hydrogens (tertiary/aromatic N) is 1. The van der Waals surface area contributed by atoms with Crippen LogP contribution in [0, 0.1) is 0 Å². The first kappa shape index (κ1) is 11.8. The first-order valence-electron chi connectivity index (χ1n) is 4.43. The normalized spacial score (nSPS) is 16.8. The second-order valence-corrected chi connectivity index (χ2v) is 3.70. The van der Waals surface area contributed by atoms with Gasteiger partial charge in [0, 0.05) is 7.05 Å². The Kier molecular flexibility index (Phi) is 8.68. The van der Waals surface area contributed by atoms with Crippen molar-refractivity contribution in [2.45, 2.75) is 32.6 Å². The molecule has 1 aliphatic rings. The lowest BCUT2D eigenvalue weighted by atomic mass is 10.1. The quantitative estimate of drug-likeness (QED) is 0.319. The van der Waals surface area contributed by atoms with Crippen LogP contribution in [-0.2, 0) is 0 Å². The largest absolute Gasteiger partial charge is 0.287 e. The van der Waals surface area contributed by atoms with Crippen LogP contribution in [0.1, 0.15) is 32.6 Å². The van der Waals surface area contributed by atoms with E-state index in [9.17, 15) is 0 Å². The molecule has 0 amide bonds. The van der Waals surface area contributed by atoms with Crippen LogP contribution in [0.4, 0.5) is 0 Å². The Balaban J connectivity index is 0.000000202. The molecule has 0 atom stereocenters. The van der Waals surface area contributed by atoms with Crippen LogP contribution in [0.5, 0.6) is 0 Å². The summed E-state index contributed by atoms with van der Waals surface area (Å²) in [5.74, 6) is 0. The summed E-state index contributed by atoms with van der Waals surface area (Å²) in [6, 6.07) is 0. The van der Waals surface area contributed by atoms with Crippen LogP contribution in [0.3, 0.4) is 0 Å². The lowest BCUT2D eigenvalue weighted by Crippen LogP contribution is -1.77. The molecule has 12 heavy (non-hydrogen) atoms. The molecule has 0 unspecified atom stereocenters. The zero-order valence-corrected chi connectivity index (χ0v) is 9.16. The van der Waals surface area contributed by atoms with Crippen molar-refractivity contribution in [1.82, 2.24) is 0 Å². The van der Waals surface area contributed by atoms with Crippen molar-refractivity contribution >= 4 is 16.8 Å². The molecule has 0 saturated carbocycles. The molecule has 1 rings (SSSR count). The number of hydrogen-bond donors (Lipinski definition) is 0. The van der Waals surface area contributed by atoms with E-state index in [0.29, 0.717) is 0 Å².